The van der Waals surface area contributed by atoms with Crippen LogP contribution in [0, 0.1) is 5.82 Å². The molecule has 1 unspecified atom stereocenters. The molecule has 29 heavy (non-hydrogen) atoms. The lowest BCUT2D eigenvalue weighted by molar-refractivity contribution is 0.137. The predicted octanol–water partition coefficient (Wildman–Crippen LogP) is 4.30. The van der Waals surface area contributed by atoms with E-state index >= 15 is 0 Å². The van der Waals surface area contributed by atoms with E-state index in [1.165, 1.54) is 18.5 Å². The van der Waals surface area contributed by atoms with Gasteiger partial charge in [0.2, 0.25) is 0 Å². The lowest BCUT2D eigenvalue weighted by Gasteiger charge is -2.30. The van der Waals surface area contributed by atoms with Gasteiger partial charge in [0, 0.05) is 30.4 Å². The highest BCUT2D eigenvalue weighted by Crippen LogP contribution is 2.29. The minimum Gasteiger partial charge on any atom is -0.490 e. The van der Waals surface area contributed by atoms with Gasteiger partial charge in [0.1, 0.15) is 29.8 Å². The Kier molecular flexibility index (Phi) is 5.94. The van der Waals surface area contributed by atoms with Crippen LogP contribution in [-0.2, 0) is 11.0 Å². The summed E-state index contributed by atoms with van der Waals surface area (Å²) in [6.45, 7) is 1.51. The van der Waals surface area contributed by atoms with Crippen LogP contribution in [0.15, 0.2) is 42.7 Å². The molecule has 1 aliphatic heterocycles. The Bertz CT molecular complexity index is 1060. The van der Waals surface area contributed by atoms with Gasteiger partial charge in [-0.25, -0.2) is 22.9 Å². The number of benzene rings is 2. The molecule has 0 radical (unpaired) electrons. The van der Waals surface area contributed by atoms with Crippen LogP contribution >= 0.6 is 11.6 Å². The molecule has 6 nitrogen and oxygen atoms in total. The van der Waals surface area contributed by atoms with Crippen molar-refractivity contribution in [3.63, 3.8) is 0 Å². The molecule has 3 aromatic rings. The van der Waals surface area contributed by atoms with Crippen molar-refractivity contribution >= 4 is 45.0 Å². The van der Waals surface area contributed by atoms with Crippen molar-refractivity contribution in [1.82, 2.24) is 14.3 Å². The fraction of sp³-hybridized carbons (Fsp3) is 0.300. The van der Waals surface area contributed by atoms with Crippen molar-refractivity contribution in [2.24, 2.45) is 0 Å². The third-order valence-corrected chi connectivity index (χ3v) is 6.24. The minimum atomic E-state index is -0.938. The van der Waals surface area contributed by atoms with E-state index < -0.39 is 16.8 Å². The number of nitrogens with zero attached hydrogens (tertiary/aromatic N) is 3. The highest BCUT2D eigenvalue weighted by atomic mass is 35.5. The van der Waals surface area contributed by atoms with Crippen molar-refractivity contribution in [2.45, 2.75) is 18.9 Å². The normalized spacial score (nSPS) is 16.7. The van der Waals surface area contributed by atoms with Crippen LogP contribution in [0.1, 0.15) is 12.8 Å². The SMILES string of the molecule is CS(=O)N1CCC(Oc2ccc3ncnc(Nc4ccc(F)c(Cl)c4)c3c2)CC1. The first-order valence-electron chi connectivity index (χ1n) is 9.21. The van der Waals surface area contributed by atoms with Crippen molar-refractivity contribution in [3.05, 3.63) is 53.6 Å². The molecule has 4 rings (SSSR count). The lowest BCUT2D eigenvalue weighted by atomic mass is 10.1. The third kappa shape index (κ3) is 4.66. The number of anilines is 2. The van der Waals surface area contributed by atoms with Gasteiger partial charge in [-0.1, -0.05) is 11.6 Å². The van der Waals surface area contributed by atoms with E-state index in [1.54, 1.807) is 12.3 Å². The zero-order valence-electron chi connectivity index (χ0n) is 15.8. The predicted molar refractivity (Wildman–Crippen MR) is 114 cm³/mol. The van der Waals surface area contributed by atoms with Crippen LogP contribution in [0.5, 0.6) is 5.75 Å². The Morgan fingerprint density at radius 3 is 2.72 bits per heavy atom. The summed E-state index contributed by atoms with van der Waals surface area (Å²) in [6, 6.07) is 10.1. The van der Waals surface area contributed by atoms with Gasteiger partial charge >= 0.3 is 0 Å². The Morgan fingerprint density at radius 2 is 2.00 bits per heavy atom. The maximum absolute atomic E-state index is 13.4. The number of ether oxygens (including phenoxy) is 1. The molecule has 2 heterocycles. The molecule has 0 amide bonds. The number of rotatable bonds is 5. The quantitative estimate of drug-likeness (QED) is 0.648. The topological polar surface area (TPSA) is 67.4 Å². The molecule has 0 bridgehead atoms. The molecule has 1 aromatic heterocycles. The Morgan fingerprint density at radius 1 is 1.21 bits per heavy atom. The van der Waals surface area contributed by atoms with E-state index in [0.717, 1.165) is 42.6 Å². The van der Waals surface area contributed by atoms with E-state index in [2.05, 4.69) is 15.3 Å². The number of fused-ring (bicyclic) bond motifs is 1. The number of hydrogen-bond acceptors (Lipinski definition) is 5. The highest BCUT2D eigenvalue weighted by Gasteiger charge is 2.22. The van der Waals surface area contributed by atoms with Crippen molar-refractivity contribution in [1.29, 1.82) is 0 Å². The number of aromatic nitrogens is 2. The molecule has 0 spiro atoms. The van der Waals surface area contributed by atoms with E-state index in [-0.39, 0.29) is 11.1 Å². The van der Waals surface area contributed by atoms with Gasteiger partial charge in [0.05, 0.1) is 21.5 Å². The maximum Gasteiger partial charge on any atom is 0.141 e. The lowest BCUT2D eigenvalue weighted by Crippen LogP contribution is -2.38. The van der Waals surface area contributed by atoms with Crippen LogP contribution in [0.4, 0.5) is 15.9 Å². The molecule has 9 heteroatoms. The molecule has 1 atom stereocenters. The van der Waals surface area contributed by atoms with Gasteiger partial charge in [-0.15, -0.1) is 0 Å². The van der Waals surface area contributed by atoms with Crippen LogP contribution < -0.4 is 10.1 Å². The van der Waals surface area contributed by atoms with Crippen LogP contribution in [0.2, 0.25) is 5.02 Å². The molecule has 0 aliphatic carbocycles. The van der Waals surface area contributed by atoms with E-state index in [4.69, 9.17) is 16.3 Å². The Hall–Kier alpha value is -2.29. The maximum atomic E-state index is 13.4. The van der Waals surface area contributed by atoms with Gasteiger partial charge in [-0.2, -0.15) is 0 Å². The number of halogens is 2. The summed E-state index contributed by atoms with van der Waals surface area (Å²) >= 11 is 5.87. The molecular formula is C20H20ClFN4O2S. The first kappa shape index (κ1) is 20.0. The summed E-state index contributed by atoms with van der Waals surface area (Å²) in [5.74, 6) is 0.835. The van der Waals surface area contributed by atoms with Crippen molar-refractivity contribution in [3.8, 4) is 5.75 Å². The molecule has 1 fully saturated rings. The summed E-state index contributed by atoms with van der Waals surface area (Å²) in [4.78, 5) is 8.62. The number of piperidine rings is 1. The second-order valence-corrected chi connectivity index (χ2v) is 8.60. The second kappa shape index (κ2) is 8.61. The zero-order valence-corrected chi connectivity index (χ0v) is 17.3. The second-order valence-electron chi connectivity index (χ2n) is 6.83. The van der Waals surface area contributed by atoms with E-state index in [9.17, 15) is 8.60 Å². The average molecular weight is 435 g/mol. The number of nitrogens with one attached hydrogen (secondary N) is 1. The van der Waals surface area contributed by atoms with Crippen LogP contribution in [0.25, 0.3) is 10.9 Å². The zero-order chi connectivity index (χ0) is 20.4. The van der Waals surface area contributed by atoms with Gasteiger partial charge in [0.25, 0.3) is 0 Å². The molecule has 0 saturated carbocycles. The smallest absolute Gasteiger partial charge is 0.141 e. The first-order chi connectivity index (χ1) is 14.0. The summed E-state index contributed by atoms with van der Waals surface area (Å²) in [6.07, 6.45) is 4.89. The summed E-state index contributed by atoms with van der Waals surface area (Å²) < 4.78 is 33.1. The standard InChI is InChI=1S/C20H20ClFN4O2S/c1-29(27)26-8-6-14(7-9-26)28-15-3-5-19-16(11-15)20(24-12-23-19)25-13-2-4-18(22)17(21)10-13/h2-5,10-12,14H,6-9H2,1H3,(H,23,24,25). The van der Waals surface area contributed by atoms with Crippen LogP contribution in [0.3, 0.4) is 0 Å². The molecule has 2 aromatic carbocycles. The fourth-order valence-corrected chi connectivity index (χ4v) is 4.22. The van der Waals surface area contributed by atoms with E-state index in [1.807, 2.05) is 22.5 Å². The fourth-order valence-electron chi connectivity index (χ4n) is 3.32. The molecule has 1 aliphatic rings. The summed E-state index contributed by atoms with van der Waals surface area (Å²) in [5.41, 5.74) is 1.39. The monoisotopic (exact) mass is 434 g/mol. The van der Waals surface area contributed by atoms with Gasteiger partial charge in [0.15, 0.2) is 0 Å². The van der Waals surface area contributed by atoms with Crippen LogP contribution in [-0.4, -0.2) is 43.9 Å². The highest BCUT2D eigenvalue weighted by molar-refractivity contribution is 7.81. The van der Waals surface area contributed by atoms with Crippen molar-refractivity contribution < 1.29 is 13.3 Å². The molecule has 1 N–H and O–H groups in total. The molecule has 1 saturated heterocycles. The van der Waals surface area contributed by atoms with Gasteiger partial charge in [-0.05, 0) is 49.2 Å². The van der Waals surface area contributed by atoms with Crippen molar-refractivity contribution in [2.75, 3.05) is 24.7 Å². The average Bonchev–Trinajstić information content (AvgIpc) is 2.71. The largest absolute Gasteiger partial charge is 0.490 e. The Balaban J connectivity index is 1.54. The Labute approximate surface area is 175 Å². The minimum absolute atomic E-state index is 0.0386. The third-order valence-electron chi connectivity index (χ3n) is 4.86. The van der Waals surface area contributed by atoms with Gasteiger partial charge in [-0.3, -0.25) is 0 Å². The van der Waals surface area contributed by atoms with Gasteiger partial charge < -0.3 is 10.1 Å². The summed E-state index contributed by atoms with van der Waals surface area (Å²) in [7, 11) is -0.938. The summed E-state index contributed by atoms with van der Waals surface area (Å²) in [5, 5.41) is 3.99. The molecule has 152 valence electrons. The molecular weight excluding hydrogens is 415 g/mol. The van der Waals surface area contributed by atoms with E-state index in [0.29, 0.717) is 11.5 Å². The number of hydrogen-bond donors (Lipinski definition) is 1. The first-order valence-corrected chi connectivity index (χ1v) is 11.1.